The minimum absolute atomic E-state index is 0.0115. The topological polar surface area (TPSA) is 86.0 Å². The van der Waals surface area contributed by atoms with Crippen LogP contribution in [0.2, 0.25) is 10.0 Å². The van der Waals surface area contributed by atoms with Crippen molar-refractivity contribution in [2.24, 2.45) is 0 Å². The van der Waals surface area contributed by atoms with Crippen molar-refractivity contribution in [2.75, 3.05) is 14.2 Å². The number of carbonyl (C=O) groups excluding carboxylic acids is 3. The normalized spacial score (nSPS) is 15.4. The maximum absolute atomic E-state index is 12.6. The monoisotopic (exact) mass is 441 g/mol. The Kier molecular flexibility index (Phi) is 6.02. The number of halogens is 2. The van der Waals surface area contributed by atoms with Gasteiger partial charge in [0.15, 0.2) is 5.75 Å². The van der Waals surface area contributed by atoms with Gasteiger partial charge in [0.25, 0.3) is 11.1 Å². The summed E-state index contributed by atoms with van der Waals surface area (Å²) < 4.78 is 15.0. The zero-order chi connectivity index (χ0) is 20.4. The van der Waals surface area contributed by atoms with Crippen LogP contribution in [0.5, 0.6) is 5.75 Å². The van der Waals surface area contributed by atoms with Crippen LogP contribution in [-0.2, 0) is 16.1 Å². The molecule has 1 fully saturated rings. The largest absolute Gasteiger partial charge is 0.494 e. The molecule has 146 valence electrons. The Morgan fingerprint density at radius 2 is 1.89 bits per heavy atom. The number of ether oxygens (including phenoxy) is 2. The molecule has 0 unspecified atom stereocenters. The molecular formula is C18H13Cl2NO6S. The number of rotatable bonds is 5. The van der Waals surface area contributed by atoms with Crippen molar-refractivity contribution in [3.63, 3.8) is 0 Å². The fraction of sp³-hybridized carbons (Fsp3) is 0.167. The number of hydrogen-bond donors (Lipinski definition) is 0. The first-order valence-electron chi connectivity index (χ1n) is 7.79. The molecule has 0 aliphatic carbocycles. The third-order valence-electron chi connectivity index (χ3n) is 3.76. The summed E-state index contributed by atoms with van der Waals surface area (Å²) >= 11 is 13.0. The number of methoxy groups -OCH3 is 2. The maximum atomic E-state index is 12.6. The van der Waals surface area contributed by atoms with E-state index < -0.39 is 17.1 Å². The Hall–Kier alpha value is -2.42. The first-order chi connectivity index (χ1) is 13.3. The molecule has 1 aliphatic rings. The predicted octanol–water partition coefficient (Wildman–Crippen LogP) is 4.62. The minimum atomic E-state index is -0.645. The van der Waals surface area contributed by atoms with Gasteiger partial charge in [0.05, 0.1) is 35.7 Å². The van der Waals surface area contributed by atoms with E-state index in [9.17, 15) is 14.4 Å². The van der Waals surface area contributed by atoms with Crippen molar-refractivity contribution in [3.05, 3.63) is 56.3 Å². The van der Waals surface area contributed by atoms with Gasteiger partial charge in [-0.25, -0.2) is 4.79 Å². The number of carbonyl (C=O) groups is 3. The molecule has 1 aromatic heterocycles. The summed E-state index contributed by atoms with van der Waals surface area (Å²) in [7, 11) is 2.67. The molecule has 1 saturated heterocycles. The molecule has 2 heterocycles. The van der Waals surface area contributed by atoms with Crippen LogP contribution >= 0.6 is 35.0 Å². The Balaban J connectivity index is 1.81. The van der Waals surface area contributed by atoms with Crippen molar-refractivity contribution in [3.8, 4) is 5.75 Å². The molecule has 0 spiro atoms. The van der Waals surface area contributed by atoms with Crippen LogP contribution in [0.25, 0.3) is 6.08 Å². The van der Waals surface area contributed by atoms with Crippen LogP contribution in [-0.4, -0.2) is 36.2 Å². The predicted molar refractivity (Wildman–Crippen MR) is 105 cm³/mol. The quantitative estimate of drug-likeness (QED) is 0.494. The van der Waals surface area contributed by atoms with E-state index in [0.29, 0.717) is 11.3 Å². The summed E-state index contributed by atoms with van der Waals surface area (Å²) in [5.74, 6) is -0.544. The lowest BCUT2D eigenvalue weighted by Crippen LogP contribution is -2.27. The molecule has 0 atom stereocenters. The van der Waals surface area contributed by atoms with Gasteiger partial charge in [-0.2, -0.15) is 0 Å². The number of amides is 2. The van der Waals surface area contributed by atoms with Crippen LogP contribution in [0.15, 0.2) is 33.6 Å². The summed E-state index contributed by atoms with van der Waals surface area (Å²) in [6.45, 7) is -0.108. The Morgan fingerprint density at radius 1 is 1.21 bits per heavy atom. The van der Waals surface area contributed by atoms with Crippen LogP contribution in [0.4, 0.5) is 4.79 Å². The number of nitrogens with zero attached hydrogens (tertiary/aromatic N) is 1. The summed E-state index contributed by atoms with van der Waals surface area (Å²) in [5, 5.41) is 0.107. The zero-order valence-corrected chi connectivity index (χ0v) is 17.0. The number of hydrogen-bond acceptors (Lipinski definition) is 7. The molecule has 0 N–H and O–H groups in total. The lowest BCUT2D eigenvalue weighted by molar-refractivity contribution is -0.123. The van der Waals surface area contributed by atoms with Crippen LogP contribution < -0.4 is 4.74 Å². The van der Waals surface area contributed by atoms with Crippen molar-refractivity contribution >= 4 is 58.2 Å². The summed E-state index contributed by atoms with van der Waals surface area (Å²) in [6.07, 6.45) is 1.52. The van der Waals surface area contributed by atoms with Crippen molar-refractivity contribution in [2.45, 2.75) is 6.54 Å². The third kappa shape index (κ3) is 4.04. The molecule has 7 nitrogen and oxygen atoms in total. The van der Waals surface area contributed by atoms with Gasteiger partial charge in [-0.15, -0.1) is 0 Å². The van der Waals surface area contributed by atoms with E-state index in [1.54, 1.807) is 12.1 Å². The first-order valence-corrected chi connectivity index (χ1v) is 9.36. The second kappa shape index (κ2) is 8.30. The lowest BCUT2D eigenvalue weighted by Gasteiger charge is -2.10. The van der Waals surface area contributed by atoms with E-state index in [-0.39, 0.29) is 33.0 Å². The Labute approximate surface area is 174 Å². The number of esters is 1. The van der Waals surface area contributed by atoms with Crippen molar-refractivity contribution < 1.29 is 28.3 Å². The molecule has 2 aromatic rings. The van der Waals surface area contributed by atoms with Gasteiger partial charge in [0.1, 0.15) is 5.76 Å². The summed E-state index contributed by atoms with van der Waals surface area (Å²) in [5.41, 5.74) is 0.548. The summed E-state index contributed by atoms with van der Waals surface area (Å²) in [4.78, 5) is 37.5. The second-order valence-corrected chi connectivity index (χ2v) is 7.35. The van der Waals surface area contributed by atoms with E-state index in [2.05, 4.69) is 4.74 Å². The van der Waals surface area contributed by atoms with Gasteiger partial charge in [0.2, 0.25) is 5.76 Å². The summed E-state index contributed by atoms with van der Waals surface area (Å²) in [6, 6.07) is 6.07. The highest BCUT2D eigenvalue weighted by Crippen LogP contribution is 2.37. The van der Waals surface area contributed by atoms with Gasteiger partial charge < -0.3 is 13.9 Å². The molecule has 28 heavy (non-hydrogen) atoms. The minimum Gasteiger partial charge on any atom is -0.494 e. The first kappa shape index (κ1) is 20.3. The third-order valence-corrected chi connectivity index (χ3v) is 5.23. The van der Waals surface area contributed by atoms with Crippen LogP contribution in [0.3, 0.4) is 0 Å². The molecule has 0 bridgehead atoms. The standard InChI is InChI=1S/C18H13Cl2NO6S/c1-25-15-11(19)5-9(6-12(15)20)7-14-16(22)21(18(24)28-14)8-10-3-4-13(27-10)17(23)26-2/h3-7H,8H2,1-2H3/b14-7+. The number of benzene rings is 1. The highest BCUT2D eigenvalue weighted by Gasteiger charge is 2.35. The van der Waals surface area contributed by atoms with Gasteiger partial charge >= 0.3 is 5.97 Å². The molecule has 0 saturated carbocycles. The fourth-order valence-corrected chi connectivity index (χ4v) is 3.97. The molecule has 0 radical (unpaired) electrons. The number of furan rings is 1. The molecular weight excluding hydrogens is 429 g/mol. The van der Waals surface area contributed by atoms with Crippen LogP contribution in [0.1, 0.15) is 21.9 Å². The zero-order valence-electron chi connectivity index (χ0n) is 14.7. The smallest absolute Gasteiger partial charge is 0.373 e. The Morgan fingerprint density at radius 3 is 2.50 bits per heavy atom. The molecule has 3 rings (SSSR count). The van der Waals surface area contributed by atoms with Gasteiger partial charge in [0, 0.05) is 0 Å². The molecule has 1 aliphatic heterocycles. The number of thioether (sulfide) groups is 1. The average molecular weight is 442 g/mol. The molecule has 2 amide bonds. The highest BCUT2D eigenvalue weighted by atomic mass is 35.5. The Bertz CT molecular complexity index is 977. The van der Waals surface area contributed by atoms with Gasteiger partial charge in [-0.3, -0.25) is 14.5 Å². The molecule has 1 aromatic carbocycles. The maximum Gasteiger partial charge on any atom is 0.373 e. The van der Waals surface area contributed by atoms with E-state index in [4.69, 9.17) is 32.4 Å². The average Bonchev–Trinajstić information content (AvgIpc) is 3.22. The van der Waals surface area contributed by atoms with Gasteiger partial charge in [-0.05, 0) is 47.7 Å². The van der Waals surface area contributed by atoms with E-state index in [1.165, 1.54) is 32.4 Å². The fourth-order valence-electron chi connectivity index (χ4n) is 2.47. The van der Waals surface area contributed by atoms with Crippen molar-refractivity contribution in [1.29, 1.82) is 0 Å². The van der Waals surface area contributed by atoms with Crippen LogP contribution in [0, 0.1) is 0 Å². The lowest BCUT2D eigenvalue weighted by atomic mass is 10.2. The SMILES string of the molecule is COC(=O)c1ccc(CN2C(=O)S/C(=C/c3cc(Cl)c(OC)c(Cl)c3)C2=O)o1. The van der Waals surface area contributed by atoms with Crippen molar-refractivity contribution in [1.82, 2.24) is 4.90 Å². The van der Waals surface area contributed by atoms with E-state index in [1.807, 2.05) is 0 Å². The second-order valence-electron chi connectivity index (χ2n) is 5.54. The van der Waals surface area contributed by atoms with Gasteiger partial charge in [-0.1, -0.05) is 23.2 Å². The highest BCUT2D eigenvalue weighted by molar-refractivity contribution is 8.18. The number of imide groups is 1. The molecule has 10 heteroatoms. The van der Waals surface area contributed by atoms with E-state index >= 15 is 0 Å². The van der Waals surface area contributed by atoms with E-state index in [0.717, 1.165) is 16.7 Å².